The smallest absolute Gasteiger partial charge is 0.318 e. The molecule has 2 N–H and O–H groups in total. The quantitative estimate of drug-likeness (QED) is 0.689. The molecule has 2 heterocycles. The molecule has 1 aromatic carbocycles. The molecule has 1 fully saturated rings. The number of nitrogens with one attached hydrogen (secondary N) is 2. The van der Waals surface area contributed by atoms with E-state index in [1.54, 1.807) is 0 Å². The summed E-state index contributed by atoms with van der Waals surface area (Å²) in [6.07, 6.45) is 4.10. The average Bonchev–Trinajstić information content (AvgIpc) is 3.17. The average molecular weight is 369 g/mol. The normalized spacial score (nSPS) is 14.1. The standard InChI is InChI=1S/C19H23N5OS/c1-12(2)18-17(26-23-22-18)10-21-19(25)24(15-4-5-15)11-13-3-6-16-14(9-13)7-8-20-16/h3,6-9,12,15,20H,4-5,10-11H2,1-2H3,(H,21,25). The maximum Gasteiger partial charge on any atom is 0.318 e. The predicted molar refractivity (Wildman–Crippen MR) is 103 cm³/mol. The molecular weight excluding hydrogens is 346 g/mol. The Labute approximate surface area is 156 Å². The highest BCUT2D eigenvalue weighted by molar-refractivity contribution is 7.05. The Morgan fingerprint density at radius 3 is 3.00 bits per heavy atom. The van der Waals surface area contributed by atoms with E-state index in [9.17, 15) is 4.79 Å². The van der Waals surface area contributed by atoms with Crippen LogP contribution in [0.5, 0.6) is 0 Å². The van der Waals surface area contributed by atoms with Gasteiger partial charge in [-0.05, 0) is 59.4 Å². The Morgan fingerprint density at radius 1 is 1.38 bits per heavy atom. The fourth-order valence-electron chi connectivity index (χ4n) is 3.18. The molecule has 1 saturated carbocycles. The molecule has 1 aliphatic rings. The van der Waals surface area contributed by atoms with Gasteiger partial charge in [0.25, 0.3) is 0 Å². The number of aromatic nitrogens is 3. The number of H-pyrrole nitrogens is 1. The molecule has 0 bridgehead atoms. The van der Waals surface area contributed by atoms with E-state index in [1.807, 2.05) is 11.1 Å². The number of benzene rings is 1. The van der Waals surface area contributed by atoms with Gasteiger partial charge >= 0.3 is 6.03 Å². The molecule has 0 radical (unpaired) electrons. The van der Waals surface area contributed by atoms with Crippen LogP contribution in [0, 0.1) is 0 Å². The number of hydrogen-bond donors (Lipinski definition) is 2. The van der Waals surface area contributed by atoms with Crippen molar-refractivity contribution in [3.8, 4) is 0 Å². The first-order valence-electron chi connectivity index (χ1n) is 9.03. The van der Waals surface area contributed by atoms with Crippen molar-refractivity contribution in [3.63, 3.8) is 0 Å². The molecule has 6 nitrogen and oxygen atoms in total. The van der Waals surface area contributed by atoms with Gasteiger partial charge in [0.1, 0.15) is 0 Å². The molecule has 0 aliphatic heterocycles. The van der Waals surface area contributed by atoms with E-state index in [0.29, 0.717) is 25.0 Å². The molecule has 2 aromatic heterocycles. The van der Waals surface area contributed by atoms with Gasteiger partial charge in [-0.2, -0.15) is 0 Å². The highest BCUT2D eigenvalue weighted by Gasteiger charge is 2.32. The second-order valence-corrected chi connectivity index (χ2v) is 7.99. The molecule has 0 spiro atoms. The van der Waals surface area contributed by atoms with Crippen molar-refractivity contribution < 1.29 is 4.79 Å². The van der Waals surface area contributed by atoms with E-state index in [0.717, 1.165) is 34.5 Å². The minimum Gasteiger partial charge on any atom is -0.361 e. The largest absolute Gasteiger partial charge is 0.361 e. The summed E-state index contributed by atoms with van der Waals surface area (Å²) in [6, 6.07) is 8.71. The lowest BCUT2D eigenvalue weighted by Gasteiger charge is -2.23. The third kappa shape index (κ3) is 3.58. The maximum absolute atomic E-state index is 12.8. The number of rotatable bonds is 6. The fourth-order valence-corrected chi connectivity index (χ4v) is 3.92. The van der Waals surface area contributed by atoms with Crippen molar-refractivity contribution in [2.24, 2.45) is 0 Å². The highest BCUT2D eigenvalue weighted by Crippen LogP contribution is 2.29. The zero-order valence-electron chi connectivity index (χ0n) is 15.0. The van der Waals surface area contributed by atoms with Crippen LogP contribution in [0.25, 0.3) is 10.9 Å². The summed E-state index contributed by atoms with van der Waals surface area (Å²) in [7, 11) is 0. The van der Waals surface area contributed by atoms with Crippen molar-refractivity contribution in [3.05, 3.63) is 46.6 Å². The van der Waals surface area contributed by atoms with E-state index in [-0.39, 0.29) is 6.03 Å². The van der Waals surface area contributed by atoms with Crippen LogP contribution in [0.3, 0.4) is 0 Å². The third-order valence-corrected chi connectivity index (χ3v) is 5.49. The summed E-state index contributed by atoms with van der Waals surface area (Å²) in [5.74, 6) is 0.313. The lowest BCUT2D eigenvalue weighted by atomic mass is 10.1. The summed E-state index contributed by atoms with van der Waals surface area (Å²) in [5, 5.41) is 8.42. The first-order chi connectivity index (χ1) is 12.6. The second kappa shape index (κ2) is 7.07. The molecule has 2 amide bonds. The molecule has 1 aliphatic carbocycles. The summed E-state index contributed by atoms with van der Waals surface area (Å²) in [4.78, 5) is 19.0. The molecule has 7 heteroatoms. The van der Waals surface area contributed by atoms with E-state index < -0.39 is 0 Å². The zero-order valence-corrected chi connectivity index (χ0v) is 15.8. The molecule has 0 unspecified atom stereocenters. The van der Waals surface area contributed by atoms with Crippen LogP contribution in [0.1, 0.15) is 48.7 Å². The van der Waals surface area contributed by atoms with Gasteiger partial charge in [-0.25, -0.2) is 4.79 Å². The monoisotopic (exact) mass is 369 g/mol. The minimum absolute atomic E-state index is 0.00947. The Kier molecular flexibility index (Phi) is 4.63. The topological polar surface area (TPSA) is 73.9 Å². The highest BCUT2D eigenvalue weighted by atomic mass is 32.1. The lowest BCUT2D eigenvalue weighted by Crippen LogP contribution is -2.40. The zero-order chi connectivity index (χ0) is 18.1. The van der Waals surface area contributed by atoms with E-state index in [1.165, 1.54) is 16.9 Å². The van der Waals surface area contributed by atoms with Gasteiger partial charge in [0, 0.05) is 24.3 Å². The minimum atomic E-state index is -0.00947. The van der Waals surface area contributed by atoms with Gasteiger partial charge in [-0.3, -0.25) is 0 Å². The molecule has 0 atom stereocenters. The van der Waals surface area contributed by atoms with Crippen LogP contribution in [-0.4, -0.2) is 31.5 Å². The van der Waals surface area contributed by atoms with Crippen molar-refractivity contribution in [2.75, 3.05) is 0 Å². The summed E-state index contributed by atoms with van der Waals surface area (Å²) >= 11 is 1.36. The summed E-state index contributed by atoms with van der Waals surface area (Å²) < 4.78 is 4.03. The number of hydrogen-bond acceptors (Lipinski definition) is 4. The number of fused-ring (bicyclic) bond motifs is 1. The molecule has 0 saturated heterocycles. The Hall–Kier alpha value is -2.41. The number of nitrogens with zero attached hydrogens (tertiary/aromatic N) is 3. The maximum atomic E-state index is 12.8. The number of carbonyl (C=O) groups is 1. The van der Waals surface area contributed by atoms with Gasteiger partial charge < -0.3 is 15.2 Å². The van der Waals surface area contributed by atoms with Crippen LogP contribution < -0.4 is 5.32 Å². The van der Waals surface area contributed by atoms with Crippen molar-refractivity contribution >= 4 is 28.5 Å². The fraction of sp³-hybridized carbons (Fsp3) is 0.421. The van der Waals surface area contributed by atoms with Gasteiger partial charge in [0.15, 0.2) is 0 Å². The van der Waals surface area contributed by atoms with Gasteiger partial charge in [-0.1, -0.05) is 24.4 Å². The lowest BCUT2D eigenvalue weighted by molar-refractivity contribution is 0.191. The van der Waals surface area contributed by atoms with E-state index in [2.05, 4.69) is 58.0 Å². The van der Waals surface area contributed by atoms with Crippen LogP contribution in [0.15, 0.2) is 30.5 Å². The number of amides is 2. The van der Waals surface area contributed by atoms with Crippen LogP contribution >= 0.6 is 11.5 Å². The van der Waals surface area contributed by atoms with Crippen LogP contribution in [0.4, 0.5) is 4.79 Å². The second-order valence-electron chi connectivity index (χ2n) is 7.15. The first kappa shape index (κ1) is 17.0. The third-order valence-electron chi connectivity index (χ3n) is 4.75. The number of aromatic amines is 1. The van der Waals surface area contributed by atoms with Crippen molar-refractivity contribution in [1.29, 1.82) is 0 Å². The van der Waals surface area contributed by atoms with Gasteiger partial charge in [0.2, 0.25) is 0 Å². The SMILES string of the molecule is CC(C)c1nnsc1CNC(=O)N(Cc1ccc2[nH]ccc2c1)C1CC1. The number of carbonyl (C=O) groups excluding carboxylic acids is 1. The molecular formula is C19H23N5OS. The van der Waals surface area contributed by atoms with E-state index >= 15 is 0 Å². The van der Waals surface area contributed by atoms with Gasteiger partial charge in [-0.15, -0.1) is 5.10 Å². The van der Waals surface area contributed by atoms with Crippen LogP contribution in [-0.2, 0) is 13.1 Å². The number of urea groups is 1. The summed E-state index contributed by atoms with van der Waals surface area (Å²) in [6.45, 7) is 5.31. The first-order valence-corrected chi connectivity index (χ1v) is 9.81. The van der Waals surface area contributed by atoms with Crippen LogP contribution in [0.2, 0.25) is 0 Å². The Morgan fingerprint density at radius 2 is 2.23 bits per heavy atom. The molecule has 26 heavy (non-hydrogen) atoms. The Balaban J connectivity index is 1.44. The predicted octanol–water partition coefficient (Wildman–Crippen LogP) is 4.02. The molecule has 136 valence electrons. The Bertz CT molecular complexity index is 911. The van der Waals surface area contributed by atoms with E-state index in [4.69, 9.17) is 0 Å². The van der Waals surface area contributed by atoms with Crippen molar-refractivity contribution in [1.82, 2.24) is 24.8 Å². The van der Waals surface area contributed by atoms with Gasteiger partial charge in [0.05, 0.1) is 17.1 Å². The van der Waals surface area contributed by atoms with Crippen molar-refractivity contribution in [2.45, 2.75) is 51.7 Å². The molecule has 4 rings (SSSR count). The summed E-state index contributed by atoms with van der Waals surface area (Å²) in [5.41, 5.74) is 3.25. The molecule has 3 aromatic rings.